The third kappa shape index (κ3) is 4.33. The summed E-state index contributed by atoms with van der Waals surface area (Å²) in [5.41, 5.74) is 5.60. The van der Waals surface area contributed by atoms with Crippen LogP contribution < -0.4 is 5.32 Å². The van der Waals surface area contributed by atoms with Gasteiger partial charge in [-0.1, -0.05) is 74.5 Å². The van der Waals surface area contributed by atoms with Crippen LogP contribution in [0, 0.1) is 5.41 Å². The van der Waals surface area contributed by atoms with Gasteiger partial charge in [0.2, 0.25) is 0 Å². The zero-order valence-corrected chi connectivity index (χ0v) is 22.8. The number of hydrogen-bond donors (Lipinski definition) is 1. The number of hydrogen-bond acceptors (Lipinski definition) is 2. The number of nitrogens with zero attached hydrogens (tertiary/aromatic N) is 1. The van der Waals surface area contributed by atoms with E-state index in [9.17, 15) is 18.0 Å². The van der Waals surface area contributed by atoms with Gasteiger partial charge in [-0.15, -0.1) is 0 Å². The number of para-hydroxylation sites is 1. The summed E-state index contributed by atoms with van der Waals surface area (Å²) in [5, 5.41) is 6.95. The minimum atomic E-state index is -4.40. The van der Waals surface area contributed by atoms with Crippen molar-refractivity contribution in [2.24, 2.45) is 5.41 Å². The molecule has 0 fully saturated rings. The molecule has 0 bridgehead atoms. The zero-order chi connectivity index (χ0) is 28.5. The van der Waals surface area contributed by atoms with Crippen molar-refractivity contribution in [1.82, 2.24) is 4.57 Å². The second-order valence-corrected chi connectivity index (χ2v) is 12.0. The molecule has 41 heavy (non-hydrogen) atoms. The molecular weight excluding hydrogens is 521 g/mol. The van der Waals surface area contributed by atoms with Crippen LogP contribution in [0.3, 0.4) is 0 Å². The van der Waals surface area contributed by atoms with Gasteiger partial charge < -0.3 is 9.88 Å². The molecule has 206 valence electrons. The van der Waals surface area contributed by atoms with Gasteiger partial charge in [-0.3, -0.25) is 4.79 Å². The Labute approximate surface area is 236 Å². The first-order valence-electron chi connectivity index (χ1n) is 13.9. The molecule has 7 rings (SSSR count). The van der Waals surface area contributed by atoms with Gasteiger partial charge >= 0.3 is 6.18 Å². The highest BCUT2D eigenvalue weighted by molar-refractivity contribution is 6.13. The number of aromatic nitrogens is 1. The van der Waals surface area contributed by atoms with E-state index in [0.717, 1.165) is 62.1 Å². The lowest BCUT2D eigenvalue weighted by atomic mass is 9.68. The van der Waals surface area contributed by atoms with Crippen LogP contribution in [0.4, 0.5) is 18.9 Å². The fourth-order valence-corrected chi connectivity index (χ4v) is 6.75. The van der Waals surface area contributed by atoms with Crippen molar-refractivity contribution in [3.63, 3.8) is 0 Å². The van der Waals surface area contributed by atoms with Crippen LogP contribution in [0.2, 0.25) is 0 Å². The van der Waals surface area contributed by atoms with Crippen molar-refractivity contribution in [1.29, 1.82) is 0 Å². The van der Waals surface area contributed by atoms with E-state index in [-0.39, 0.29) is 23.8 Å². The Balaban J connectivity index is 1.40. The van der Waals surface area contributed by atoms with E-state index < -0.39 is 11.7 Å². The van der Waals surface area contributed by atoms with Gasteiger partial charge in [0, 0.05) is 52.5 Å². The fraction of sp³-hybridized carbons (Fsp3) is 0.229. The van der Waals surface area contributed by atoms with Gasteiger partial charge in [-0.05, 0) is 58.0 Å². The first kappa shape index (κ1) is 25.6. The average molecular weight is 551 g/mol. The van der Waals surface area contributed by atoms with Crippen LogP contribution in [0.15, 0.2) is 96.7 Å². The first-order valence-corrected chi connectivity index (χ1v) is 13.9. The summed E-state index contributed by atoms with van der Waals surface area (Å²) < 4.78 is 42.3. The quantitative estimate of drug-likeness (QED) is 0.243. The van der Waals surface area contributed by atoms with Crippen LogP contribution in [-0.4, -0.2) is 10.4 Å². The van der Waals surface area contributed by atoms with E-state index >= 15 is 0 Å². The molecule has 0 unspecified atom stereocenters. The smallest absolute Gasteiger partial charge is 0.373 e. The Bertz CT molecular complexity index is 1890. The minimum absolute atomic E-state index is 0.141. The number of Topliss-reactive ketones (excluding diaryl/α,β-unsaturated/α-hetero) is 1. The molecule has 0 radical (unpaired) electrons. The molecular formula is C35H29F3N2O. The predicted molar refractivity (Wildman–Crippen MR) is 158 cm³/mol. The van der Waals surface area contributed by atoms with Crippen molar-refractivity contribution in [2.75, 3.05) is 5.32 Å². The van der Waals surface area contributed by atoms with E-state index in [0.29, 0.717) is 12.0 Å². The summed E-state index contributed by atoms with van der Waals surface area (Å²) in [7, 11) is 0. The van der Waals surface area contributed by atoms with E-state index in [2.05, 4.69) is 43.4 Å². The molecule has 2 aliphatic rings. The number of benzene rings is 4. The summed E-state index contributed by atoms with van der Waals surface area (Å²) in [5.74, 6) is 0.141. The van der Waals surface area contributed by atoms with Crippen LogP contribution >= 0.6 is 0 Å². The van der Waals surface area contributed by atoms with Crippen molar-refractivity contribution >= 4 is 38.7 Å². The summed E-state index contributed by atoms with van der Waals surface area (Å²) in [6, 6.07) is 25.5. The number of rotatable bonds is 3. The number of alkyl halides is 3. The Morgan fingerprint density at radius 2 is 1.66 bits per heavy atom. The van der Waals surface area contributed by atoms with Gasteiger partial charge in [0.1, 0.15) is 0 Å². The monoisotopic (exact) mass is 550 g/mol. The lowest BCUT2D eigenvalue weighted by Crippen LogP contribution is -2.33. The number of fused-ring (bicyclic) bond motifs is 5. The van der Waals surface area contributed by atoms with Crippen molar-refractivity contribution in [3.05, 3.63) is 119 Å². The van der Waals surface area contributed by atoms with Crippen LogP contribution in [0.1, 0.15) is 55.0 Å². The average Bonchev–Trinajstić information content (AvgIpc) is 3.29. The number of anilines is 1. The SMILES string of the molecule is CC1(C)CC(=O)C2=C(C1)c1c(ccc3ccccc13)N[C@H]2c1cn(Cc2cccc(C(F)(F)F)c2)c2ccccc12. The molecule has 5 aromatic rings. The highest BCUT2D eigenvalue weighted by atomic mass is 19.4. The summed E-state index contributed by atoms with van der Waals surface area (Å²) in [4.78, 5) is 13.9. The number of ketones is 1. The van der Waals surface area contributed by atoms with Crippen molar-refractivity contribution < 1.29 is 18.0 Å². The first-order chi connectivity index (χ1) is 19.6. The Hall–Kier alpha value is -4.32. The molecule has 1 atom stereocenters. The van der Waals surface area contributed by atoms with E-state index in [1.165, 1.54) is 12.1 Å². The molecule has 3 nitrogen and oxygen atoms in total. The number of nitrogens with one attached hydrogen (secondary N) is 1. The largest absolute Gasteiger partial charge is 0.416 e. The van der Waals surface area contributed by atoms with Gasteiger partial charge in [-0.25, -0.2) is 0 Å². The third-order valence-electron chi connectivity index (χ3n) is 8.48. The van der Waals surface area contributed by atoms with Crippen LogP contribution in [0.25, 0.3) is 27.2 Å². The Morgan fingerprint density at radius 1 is 0.902 bits per heavy atom. The third-order valence-corrected chi connectivity index (χ3v) is 8.48. The second kappa shape index (κ2) is 9.10. The topological polar surface area (TPSA) is 34.0 Å². The van der Waals surface area contributed by atoms with Crippen molar-refractivity contribution in [3.8, 4) is 0 Å². The number of allylic oxidation sites excluding steroid dienone is 1. The lowest BCUT2D eigenvalue weighted by molar-refractivity contribution is -0.137. The molecule has 0 spiro atoms. The summed E-state index contributed by atoms with van der Waals surface area (Å²) >= 11 is 0. The van der Waals surface area contributed by atoms with Gasteiger partial charge in [-0.2, -0.15) is 13.2 Å². The maximum atomic E-state index is 13.9. The molecule has 0 saturated carbocycles. The van der Waals surface area contributed by atoms with Crippen LogP contribution in [0.5, 0.6) is 0 Å². The number of carbonyl (C=O) groups excluding carboxylic acids is 1. The lowest BCUT2D eigenvalue weighted by Gasteiger charge is -2.40. The number of carbonyl (C=O) groups is 1. The van der Waals surface area contributed by atoms with Gasteiger partial charge in [0.05, 0.1) is 11.6 Å². The maximum Gasteiger partial charge on any atom is 0.416 e. The molecule has 1 aliphatic carbocycles. The van der Waals surface area contributed by atoms with E-state index in [1.807, 2.05) is 47.2 Å². The van der Waals surface area contributed by atoms with E-state index in [1.54, 1.807) is 6.07 Å². The summed E-state index contributed by atoms with van der Waals surface area (Å²) in [6.07, 6.45) is -1.14. The maximum absolute atomic E-state index is 13.9. The molecule has 4 aromatic carbocycles. The fourth-order valence-electron chi connectivity index (χ4n) is 6.75. The van der Waals surface area contributed by atoms with Crippen molar-refractivity contribution in [2.45, 2.75) is 45.5 Å². The molecule has 2 heterocycles. The highest BCUT2D eigenvalue weighted by Gasteiger charge is 2.41. The zero-order valence-electron chi connectivity index (χ0n) is 22.8. The molecule has 1 aliphatic heterocycles. The Morgan fingerprint density at radius 3 is 2.46 bits per heavy atom. The summed E-state index contributed by atoms with van der Waals surface area (Å²) in [6.45, 7) is 4.58. The number of halogens is 3. The second-order valence-electron chi connectivity index (χ2n) is 12.0. The molecule has 6 heteroatoms. The Kier molecular flexibility index (Phi) is 5.69. The molecule has 0 saturated heterocycles. The van der Waals surface area contributed by atoms with Gasteiger partial charge in [0.15, 0.2) is 5.78 Å². The van der Waals surface area contributed by atoms with Gasteiger partial charge in [0.25, 0.3) is 0 Å². The standard InChI is InChI=1S/C35H29F3N2O/c1-34(2)17-26-31-24-11-4-3-9-22(24)14-15-28(31)39-33(32(26)30(41)18-34)27-20-40(29-13-6-5-12-25(27)29)19-21-8-7-10-23(16-21)35(36,37)38/h3-16,20,33,39H,17-19H2,1-2H3/t33-/m0/s1. The normalized spacial score (nSPS) is 18.4. The minimum Gasteiger partial charge on any atom is -0.373 e. The molecule has 1 aromatic heterocycles. The van der Waals surface area contributed by atoms with E-state index in [4.69, 9.17) is 0 Å². The molecule has 0 amide bonds. The highest BCUT2D eigenvalue weighted by Crippen LogP contribution is 2.52. The van der Waals surface area contributed by atoms with Crippen LogP contribution in [-0.2, 0) is 17.5 Å². The molecule has 1 N–H and O–H groups in total. The predicted octanol–water partition coefficient (Wildman–Crippen LogP) is 9.17.